The summed E-state index contributed by atoms with van der Waals surface area (Å²) in [7, 11) is 0. The molecule has 86 valence electrons. The third kappa shape index (κ3) is 2.04. The van der Waals surface area contributed by atoms with Gasteiger partial charge < -0.3 is 5.73 Å². The van der Waals surface area contributed by atoms with Crippen LogP contribution in [0.1, 0.15) is 34.6 Å². The fourth-order valence-electron chi connectivity index (χ4n) is 1.82. The minimum absolute atomic E-state index is 0.00120. The predicted molar refractivity (Wildman–Crippen MR) is 68.4 cm³/mol. The van der Waals surface area contributed by atoms with E-state index in [1.165, 1.54) is 13.8 Å². The fraction of sp³-hybridized carbons (Fsp3) is 0.143. The Morgan fingerprint density at radius 2 is 1.53 bits per heavy atom. The molecule has 0 unspecified atom stereocenters. The molecule has 0 aliphatic heterocycles. The molecule has 3 heteroatoms. The van der Waals surface area contributed by atoms with Crippen molar-refractivity contribution in [1.82, 2.24) is 0 Å². The third-order valence-corrected chi connectivity index (χ3v) is 2.80. The maximum absolute atomic E-state index is 11.3. The second-order valence-electron chi connectivity index (χ2n) is 4.11. The van der Waals surface area contributed by atoms with Crippen molar-refractivity contribution in [3.05, 3.63) is 41.5 Å². The van der Waals surface area contributed by atoms with E-state index in [-0.39, 0.29) is 11.6 Å². The van der Waals surface area contributed by atoms with E-state index >= 15 is 0 Å². The van der Waals surface area contributed by atoms with Crippen LogP contribution in [-0.4, -0.2) is 11.6 Å². The largest absolute Gasteiger partial charge is 0.398 e. The van der Waals surface area contributed by atoms with Gasteiger partial charge in [-0.2, -0.15) is 0 Å². The number of anilines is 1. The molecule has 0 atom stereocenters. The zero-order chi connectivity index (χ0) is 12.6. The number of nitrogen functional groups attached to an aromatic ring is 1. The molecule has 2 N–H and O–H groups in total. The predicted octanol–water partition coefficient (Wildman–Crippen LogP) is 2.83. The first-order valence-corrected chi connectivity index (χ1v) is 5.34. The van der Waals surface area contributed by atoms with Crippen LogP contribution in [0.3, 0.4) is 0 Å². The smallest absolute Gasteiger partial charge is 0.159 e. The molecule has 2 rings (SSSR count). The van der Waals surface area contributed by atoms with Crippen LogP contribution < -0.4 is 5.73 Å². The average molecular weight is 227 g/mol. The summed E-state index contributed by atoms with van der Waals surface area (Å²) >= 11 is 0. The standard InChI is InChI=1S/C14H13NO2/c1-8(16)10-3-4-13-12(5-10)6-11(9(2)17)7-14(13)15/h3-7H,15H2,1-2H3. The summed E-state index contributed by atoms with van der Waals surface area (Å²) in [5.41, 5.74) is 7.63. The number of ketones is 2. The zero-order valence-electron chi connectivity index (χ0n) is 9.78. The SMILES string of the molecule is CC(=O)c1ccc2c(N)cc(C(C)=O)cc2c1. The molecule has 0 spiro atoms. The molecule has 0 aliphatic carbocycles. The lowest BCUT2D eigenvalue weighted by atomic mass is 10.00. The topological polar surface area (TPSA) is 60.2 Å². The van der Waals surface area contributed by atoms with Gasteiger partial charge in [-0.1, -0.05) is 12.1 Å². The van der Waals surface area contributed by atoms with Crippen molar-refractivity contribution in [3.8, 4) is 0 Å². The molecule has 0 fully saturated rings. The second-order valence-corrected chi connectivity index (χ2v) is 4.11. The number of Topliss-reactive ketones (excluding diaryl/α,β-unsaturated/α-hetero) is 2. The van der Waals surface area contributed by atoms with Crippen molar-refractivity contribution in [2.75, 3.05) is 5.73 Å². The van der Waals surface area contributed by atoms with Gasteiger partial charge in [0.25, 0.3) is 0 Å². The minimum atomic E-state index is -0.0353. The molecule has 0 aliphatic rings. The Balaban J connectivity index is 2.74. The number of hydrogen-bond donors (Lipinski definition) is 1. The van der Waals surface area contributed by atoms with Gasteiger partial charge in [0, 0.05) is 22.2 Å². The van der Waals surface area contributed by atoms with Crippen molar-refractivity contribution < 1.29 is 9.59 Å². The highest BCUT2D eigenvalue weighted by Crippen LogP contribution is 2.24. The number of benzene rings is 2. The molecule has 0 amide bonds. The molecule has 3 nitrogen and oxygen atoms in total. The number of hydrogen-bond acceptors (Lipinski definition) is 3. The molecule has 17 heavy (non-hydrogen) atoms. The Kier molecular flexibility index (Phi) is 2.68. The van der Waals surface area contributed by atoms with Crippen LogP contribution in [0.25, 0.3) is 10.8 Å². The molecule has 0 aromatic heterocycles. The van der Waals surface area contributed by atoms with E-state index in [1.54, 1.807) is 24.3 Å². The van der Waals surface area contributed by atoms with Crippen molar-refractivity contribution in [2.24, 2.45) is 0 Å². The van der Waals surface area contributed by atoms with E-state index < -0.39 is 0 Å². The van der Waals surface area contributed by atoms with E-state index in [0.717, 1.165) is 10.8 Å². The van der Waals surface area contributed by atoms with Crippen LogP contribution in [0.15, 0.2) is 30.3 Å². The van der Waals surface area contributed by atoms with Crippen molar-refractivity contribution in [3.63, 3.8) is 0 Å². The lowest BCUT2D eigenvalue weighted by Gasteiger charge is -2.06. The third-order valence-electron chi connectivity index (χ3n) is 2.80. The number of rotatable bonds is 2. The summed E-state index contributed by atoms with van der Waals surface area (Å²) in [5, 5.41) is 1.68. The Bertz CT molecular complexity index is 624. The Morgan fingerprint density at radius 1 is 0.941 bits per heavy atom. The second kappa shape index (κ2) is 4.01. The van der Waals surface area contributed by atoms with Gasteiger partial charge in [0.05, 0.1) is 0 Å². The van der Waals surface area contributed by atoms with Crippen LogP contribution in [0.5, 0.6) is 0 Å². The number of carbonyl (C=O) groups excluding carboxylic acids is 2. The molecule has 0 saturated carbocycles. The van der Waals surface area contributed by atoms with Gasteiger partial charge in [-0.25, -0.2) is 0 Å². The lowest BCUT2D eigenvalue weighted by molar-refractivity contribution is 0.101. The summed E-state index contributed by atoms with van der Waals surface area (Å²) in [6.45, 7) is 3.01. The Morgan fingerprint density at radius 3 is 2.12 bits per heavy atom. The molecule has 2 aromatic rings. The van der Waals surface area contributed by atoms with Crippen molar-refractivity contribution >= 4 is 28.0 Å². The monoisotopic (exact) mass is 227 g/mol. The van der Waals surface area contributed by atoms with Gasteiger partial charge in [-0.05, 0) is 37.4 Å². The molecule has 0 bridgehead atoms. The summed E-state index contributed by atoms with van der Waals surface area (Å²) in [5.74, 6) is -0.0365. The maximum atomic E-state index is 11.3. The highest BCUT2D eigenvalue weighted by Gasteiger charge is 2.07. The molecule has 0 heterocycles. The molecular weight excluding hydrogens is 214 g/mol. The molecule has 0 saturated heterocycles. The van der Waals surface area contributed by atoms with Crippen LogP contribution in [-0.2, 0) is 0 Å². The molecule has 0 radical (unpaired) electrons. The highest BCUT2D eigenvalue weighted by atomic mass is 16.1. The Labute approximate surface area is 99.2 Å². The average Bonchev–Trinajstić information content (AvgIpc) is 2.27. The quantitative estimate of drug-likeness (QED) is 0.634. The van der Waals surface area contributed by atoms with E-state index in [2.05, 4.69) is 0 Å². The normalized spacial score (nSPS) is 10.5. The number of nitrogens with two attached hydrogens (primary N) is 1. The van der Waals surface area contributed by atoms with E-state index in [4.69, 9.17) is 5.73 Å². The van der Waals surface area contributed by atoms with E-state index in [1.807, 2.05) is 6.07 Å². The van der Waals surface area contributed by atoms with Crippen molar-refractivity contribution in [2.45, 2.75) is 13.8 Å². The first-order chi connectivity index (χ1) is 7.99. The van der Waals surface area contributed by atoms with Gasteiger partial charge in [-0.3, -0.25) is 9.59 Å². The highest BCUT2D eigenvalue weighted by molar-refractivity contribution is 6.05. The van der Waals surface area contributed by atoms with Crippen LogP contribution in [0.4, 0.5) is 5.69 Å². The van der Waals surface area contributed by atoms with Crippen LogP contribution in [0, 0.1) is 0 Å². The van der Waals surface area contributed by atoms with Gasteiger partial charge in [-0.15, -0.1) is 0 Å². The first kappa shape index (κ1) is 11.3. The van der Waals surface area contributed by atoms with E-state index in [0.29, 0.717) is 16.8 Å². The summed E-state index contributed by atoms with van der Waals surface area (Å²) in [6.07, 6.45) is 0. The Hall–Kier alpha value is -2.16. The summed E-state index contributed by atoms with van der Waals surface area (Å²) < 4.78 is 0. The van der Waals surface area contributed by atoms with Gasteiger partial charge in [0.2, 0.25) is 0 Å². The number of carbonyl (C=O) groups is 2. The van der Waals surface area contributed by atoms with E-state index in [9.17, 15) is 9.59 Å². The minimum Gasteiger partial charge on any atom is -0.398 e. The number of fused-ring (bicyclic) bond motifs is 1. The maximum Gasteiger partial charge on any atom is 0.159 e. The lowest BCUT2D eigenvalue weighted by Crippen LogP contribution is -1.97. The molecular formula is C14H13NO2. The van der Waals surface area contributed by atoms with Crippen LogP contribution >= 0.6 is 0 Å². The molecule has 2 aromatic carbocycles. The fourth-order valence-corrected chi connectivity index (χ4v) is 1.82. The van der Waals surface area contributed by atoms with Gasteiger partial charge >= 0.3 is 0 Å². The van der Waals surface area contributed by atoms with Gasteiger partial charge in [0.1, 0.15) is 0 Å². The summed E-state index contributed by atoms with van der Waals surface area (Å²) in [6, 6.07) is 8.75. The summed E-state index contributed by atoms with van der Waals surface area (Å²) in [4.78, 5) is 22.6. The first-order valence-electron chi connectivity index (χ1n) is 5.34. The van der Waals surface area contributed by atoms with Crippen LogP contribution in [0.2, 0.25) is 0 Å². The van der Waals surface area contributed by atoms with Gasteiger partial charge in [0.15, 0.2) is 11.6 Å². The van der Waals surface area contributed by atoms with Crippen molar-refractivity contribution in [1.29, 1.82) is 0 Å². The zero-order valence-corrected chi connectivity index (χ0v) is 9.78.